The summed E-state index contributed by atoms with van der Waals surface area (Å²) in [6.45, 7) is 1.99. The molecule has 1 aliphatic heterocycles. The predicted octanol–water partition coefficient (Wildman–Crippen LogP) is 0.504. The first-order valence-corrected chi connectivity index (χ1v) is 11.3. The number of likely N-dealkylation sites (N-methyl/N-ethyl adjacent to an activating group) is 1. The topological polar surface area (TPSA) is 97.8 Å². The third-order valence-corrected chi connectivity index (χ3v) is 6.80. The summed E-state index contributed by atoms with van der Waals surface area (Å²) in [6.07, 6.45) is 1.56. The molecule has 0 saturated carbocycles. The molecule has 9 heteroatoms. The third kappa shape index (κ3) is 4.70. The van der Waals surface area contributed by atoms with E-state index in [0.717, 1.165) is 6.26 Å². The molecular formula is C15H21NO6S2. The summed E-state index contributed by atoms with van der Waals surface area (Å²) in [7, 11) is -6.34. The molecule has 1 heterocycles. The van der Waals surface area contributed by atoms with Crippen LogP contribution in [0.25, 0.3) is 0 Å². The first-order valence-electron chi connectivity index (χ1n) is 7.55. The molecular weight excluding hydrogens is 354 g/mol. The van der Waals surface area contributed by atoms with E-state index in [1.807, 2.05) is 0 Å². The molecule has 0 spiro atoms. The van der Waals surface area contributed by atoms with Gasteiger partial charge in [-0.25, -0.2) is 16.8 Å². The van der Waals surface area contributed by atoms with E-state index in [1.54, 1.807) is 6.92 Å². The van der Waals surface area contributed by atoms with Gasteiger partial charge >= 0.3 is 0 Å². The van der Waals surface area contributed by atoms with E-state index in [9.17, 15) is 21.6 Å². The summed E-state index contributed by atoms with van der Waals surface area (Å²) in [5, 5.41) is 0. The van der Waals surface area contributed by atoms with Gasteiger partial charge in [0.15, 0.2) is 26.3 Å². The van der Waals surface area contributed by atoms with Crippen LogP contribution in [0, 0.1) is 0 Å². The van der Waals surface area contributed by atoms with Crippen molar-refractivity contribution in [1.82, 2.24) is 4.90 Å². The van der Waals surface area contributed by atoms with Crippen LogP contribution in [0.4, 0.5) is 0 Å². The van der Waals surface area contributed by atoms with E-state index >= 15 is 0 Å². The maximum atomic E-state index is 12.3. The van der Waals surface area contributed by atoms with Crippen LogP contribution in [0.1, 0.15) is 13.3 Å². The van der Waals surface area contributed by atoms with Gasteiger partial charge in [-0.1, -0.05) is 0 Å². The molecule has 24 heavy (non-hydrogen) atoms. The van der Waals surface area contributed by atoms with Crippen molar-refractivity contribution in [3.63, 3.8) is 0 Å². The Labute approximate surface area is 142 Å². The Morgan fingerprint density at radius 2 is 1.92 bits per heavy atom. The van der Waals surface area contributed by atoms with Crippen LogP contribution < -0.4 is 4.74 Å². The highest BCUT2D eigenvalue weighted by Crippen LogP contribution is 2.19. The second-order valence-electron chi connectivity index (χ2n) is 5.77. The number of rotatable bonds is 6. The Balaban J connectivity index is 1.96. The van der Waals surface area contributed by atoms with Crippen molar-refractivity contribution >= 4 is 25.6 Å². The Kier molecular flexibility index (Phi) is 5.54. The fourth-order valence-electron chi connectivity index (χ4n) is 2.67. The van der Waals surface area contributed by atoms with Crippen LogP contribution in [-0.4, -0.2) is 64.6 Å². The third-order valence-electron chi connectivity index (χ3n) is 3.92. The lowest BCUT2D eigenvalue weighted by Crippen LogP contribution is -2.43. The standard InChI is InChI=1S/C15H21NO6S2/c1-3-16(12-8-9-24(20,21)11-12)15(17)10-22-13-4-6-14(7-5-13)23(2,18)19/h4-7,12H,3,8-11H2,1-2H3. The number of carbonyl (C=O) groups excluding carboxylic acids is 1. The number of nitrogens with zero attached hydrogens (tertiary/aromatic N) is 1. The number of hydrogen-bond donors (Lipinski definition) is 0. The largest absolute Gasteiger partial charge is 0.484 e. The Bertz CT molecular complexity index is 799. The van der Waals surface area contributed by atoms with Crippen LogP contribution in [-0.2, 0) is 24.5 Å². The van der Waals surface area contributed by atoms with Crippen molar-refractivity contribution in [1.29, 1.82) is 0 Å². The minimum atomic E-state index is -3.28. The molecule has 1 unspecified atom stereocenters. The average molecular weight is 375 g/mol. The minimum Gasteiger partial charge on any atom is -0.484 e. The molecule has 1 fully saturated rings. The number of amides is 1. The number of carbonyl (C=O) groups is 1. The van der Waals surface area contributed by atoms with E-state index in [4.69, 9.17) is 4.74 Å². The van der Waals surface area contributed by atoms with Gasteiger partial charge in [-0.2, -0.15) is 0 Å². The predicted molar refractivity (Wildman–Crippen MR) is 89.5 cm³/mol. The molecule has 1 saturated heterocycles. The zero-order valence-corrected chi connectivity index (χ0v) is 15.3. The molecule has 2 rings (SSSR count). The highest BCUT2D eigenvalue weighted by atomic mass is 32.2. The average Bonchev–Trinajstić information content (AvgIpc) is 2.85. The summed E-state index contributed by atoms with van der Waals surface area (Å²) >= 11 is 0. The van der Waals surface area contributed by atoms with Crippen LogP contribution in [0.15, 0.2) is 29.2 Å². The van der Waals surface area contributed by atoms with Crippen LogP contribution >= 0.6 is 0 Å². The molecule has 134 valence electrons. The highest BCUT2D eigenvalue weighted by Gasteiger charge is 2.33. The van der Waals surface area contributed by atoms with Crippen molar-refractivity contribution in [3.05, 3.63) is 24.3 Å². The van der Waals surface area contributed by atoms with Gasteiger partial charge in [0.05, 0.1) is 16.4 Å². The number of hydrogen-bond acceptors (Lipinski definition) is 6. The molecule has 0 radical (unpaired) electrons. The van der Waals surface area contributed by atoms with Crippen molar-refractivity contribution in [2.75, 3.05) is 30.9 Å². The van der Waals surface area contributed by atoms with Gasteiger partial charge in [0.1, 0.15) is 5.75 Å². The fraction of sp³-hybridized carbons (Fsp3) is 0.533. The molecule has 0 aromatic heterocycles. The second-order valence-corrected chi connectivity index (χ2v) is 10.0. The summed E-state index contributed by atoms with van der Waals surface area (Å²) in [6, 6.07) is 5.50. The number of ether oxygens (including phenoxy) is 1. The number of sulfone groups is 2. The van der Waals surface area contributed by atoms with Crippen molar-refractivity contribution in [2.24, 2.45) is 0 Å². The van der Waals surface area contributed by atoms with Crippen LogP contribution in [0.5, 0.6) is 5.75 Å². The van der Waals surface area contributed by atoms with E-state index < -0.39 is 19.7 Å². The van der Waals surface area contributed by atoms with Crippen LogP contribution in [0.3, 0.4) is 0 Å². The van der Waals surface area contributed by atoms with Gasteiger partial charge < -0.3 is 9.64 Å². The Hall–Kier alpha value is -1.61. The SMILES string of the molecule is CCN(C(=O)COc1ccc(S(C)(=O)=O)cc1)C1CCS(=O)(=O)C1. The van der Waals surface area contributed by atoms with Crippen LogP contribution in [0.2, 0.25) is 0 Å². The second kappa shape index (κ2) is 7.10. The fourth-order valence-corrected chi connectivity index (χ4v) is 5.03. The monoisotopic (exact) mass is 375 g/mol. The number of benzene rings is 1. The Morgan fingerprint density at radius 3 is 2.38 bits per heavy atom. The first-order chi connectivity index (χ1) is 11.1. The quantitative estimate of drug-likeness (QED) is 0.718. The maximum absolute atomic E-state index is 12.3. The molecule has 1 atom stereocenters. The minimum absolute atomic E-state index is 0.00433. The van der Waals surface area contributed by atoms with Gasteiger partial charge in [0, 0.05) is 18.8 Å². The molecule has 0 bridgehead atoms. The first kappa shape index (κ1) is 18.7. The lowest BCUT2D eigenvalue weighted by molar-refractivity contribution is -0.135. The molecule has 7 nitrogen and oxygen atoms in total. The summed E-state index contributed by atoms with van der Waals surface area (Å²) in [5.74, 6) is 0.197. The van der Waals surface area contributed by atoms with Crippen molar-refractivity contribution < 1.29 is 26.4 Å². The molecule has 1 aromatic rings. The molecule has 0 aliphatic carbocycles. The smallest absolute Gasteiger partial charge is 0.260 e. The molecule has 1 aliphatic rings. The van der Waals surface area contributed by atoms with E-state index in [-0.39, 0.29) is 35.0 Å². The molecule has 0 N–H and O–H groups in total. The van der Waals surface area contributed by atoms with Gasteiger partial charge in [-0.05, 0) is 37.6 Å². The Morgan fingerprint density at radius 1 is 1.29 bits per heavy atom. The van der Waals surface area contributed by atoms with Crippen molar-refractivity contribution in [2.45, 2.75) is 24.3 Å². The van der Waals surface area contributed by atoms with Gasteiger partial charge in [0.2, 0.25) is 0 Å². The zero-order valence-electron chi connectivity index (χ0n) is 13.6. The lowest BCUT2D eigenvalue weighted by atomic mass is 10.2. The molecule has 1 aromatic carbocycles. The maximum Gasteiger partial charge on any atom is 0.260 e. The van der Waals surface area contributed by atoms with E-state index in [0.29, 0.717) is 18.7 Å². The van der Waals surface area contributed by atoms with E-state index in [2.05, 4.69) is 0 Å². The van der Waals surface area contributed by atoms with Crippen molar-refractivity contribution in [3.8, 4) is 5.75 Å². The summed E-state index contributed by atoms with van der Waals surface area (Å²) < 4.78 is 51.3. The highest BCUT2D eigenvalue weighted by molar-refractivity contribution is 7.91. The van der Waals surface area contributed by atoms with E-state index in [1.165, 1.54) is 29.2 Å². The van der Waals surface area contributed by atoms with Gasteiger partial charge in [-0.15, -0.1) is 0 Å². The normalized spacial score (nSPS) is 19.8. The van der Waals surface area contributed by atoms with Gasteiger partial charge in [0.25, 0.3) is 5.91 Å². The zero-order chi connectivity index (χ0) is 18.0. The summed E-state index contributed by atoms with van der Waals surface area (Å²) in [4.78, 5) is 14.0. The summed E-state index contributed by atoms with van der Waals surface area (Å²) in [5.41, 5.74) is 0. The lowest BCUT2D eigenvalue weighted by Gasteiger charge is -2.26. The molecule has 1 amide bonds. The van der Waals surface area contributed by atoms with Gasteiger partial charge in [-0.3, -0.25) is 4.79 Å².